The van der Waals surface area contributed by atoms with Gasteiger partial charge in [-0.3, -0.25) is 9.89 Å². The van der Waals surface area contributed by atoms with Crippen LogP contribution in [0.2, 0.25) is 0 Å². The molecule has 1 aromatic heterocycles. The van der Waals surface area contributed by atoms with Crippen LogP contribution in [0.5, 0.6) is 5.75 Å². The number of nitrogens with zero attached hydrogens (tertiary/aromatic N) is 1. The summed E-state index contributed by atoms with van der Waals surface area (Å²) in [5.74, 6) is 1.04. The highest BCUT2D eigenvalue weighted by atomic mass is 16.5. The van der Waals surface area contributed by atoms with Gasteiger partial charge in [-0.15, -0.1) is 0 Å². The predicted octanol–water partition coefficient (Wildman–Crippen LogP) is 2.82. The third-order valence-electron chi connectivity index (χ3n) is 3.05. The molecule has 0 aliphatic rings. The molecule has 1 amide bonds. The van der Waals surface area contributed by atoms with E-state index in [1.807, 2.05) is 24.3 Å². The molecule has 0 unspecified atom stereocenters. The number of hydrogen-bond acceptors (Lipinski definition) is 3. The molecule has 5 heteroatoms. The lowest BCUT2D eigenvalue weighted by Crippen LogP contribution is -2.12. The maximum atomic E-state index is 12.1. The largest absolute Gasteiger partial charge is 0.497 e. The first-order chi connectivity index (χ1) is 9.78. The minimum atomic E-state index is -0.204. The van der Waals surface area contributed by atoms with Crippen LogP contribution < -0.4 is 10.1 Å². The first-order valence-corrected chi connectivity index (χ1v) is 6.16. The molecule has 5 nitrogen and oxygen atoms in total. The van der Waals surface area contributed by atoms with Gasteiger partial charge in [0.05, 0.1) is 12.6 Å². The fourth-order valence-corrected chi connectivity index (χ4v) is 1.98. The number of anilines is 1. The van der Waals surface area contributed by atoms with Crippen LogP contribution in [0.4, 0.5) is 5.82 Å². The van der Waals surface area contributed by atoms with Gasteiger partial charge in [0, 0.05) is 10.9 Å². The van der Waals surface area contributed by atoms with E-state index in [1.54, 1.807) is 31.4 Å². The summed E-state index contributed by atoms with van der Waals surface area (Å²) in [6, 6.07) is 14.5. The number of methoxy groups -OCH3 is 1. The molecule has 0 bridgehead atoms. The molecule has 3 aromatic rings. The van der Waals surface area contributed by atoms with Gasteiger partial charge in [0.25, 0.3) is 5.91 Å². The van der Waals surface area contributed by atoms with Gasteiger partial charge in [-0.05, 0) is 36.4 Å². The molecule has 0 atom stereocenters. The first kappa shape index (κ1) is 12.2. The molecule has 100 valence electrons. The van der Waals surface area contributed by atoms with Crippen LogP contribution >= 0.6 is 0 Å². The molecule has 0 aliphatic heterocycles. The molecule has 0 fully saturated rings. The third kappa shape index (κ3) is 2.21. The fraction of sp³-hybridized carbons (Fsp3) is 0.0667. The van der Waals surface area contributed by atoms with Crippen LogP contribution in [0.15, 0.2) is 48.5 Å². The van der Waals surface area contributed by atoms with Gasteiger partial charge in [0.1, 0.15) is 5.75 Å². The highest BCUT2D eigenvalue weighted by Gasteiger charge is 2.10. The molecular weight excluding hydrogens is 254 g/mol. The standard InChI is InChI=1S/C15H13N3O2/c1-20-11-8-6-10(7-9-11)15(19)16-14-12-4-2-3-5-13(12)17-18-14/h2-9H,1H3,(H2,16,17,18,19). The first-order valence-electron chi connectivity index (χ1n) is 6.16. The maximum absolute atomic E-state index is 12.1. The zero-order valence-electron chi connectivity index (χ0n) is 10.9. The predicted molar refractivity (Wildman–Crippen MR) is 77.0 cm³/mol. The summed E-state index contributed by atoms with van der Waals surface area (Å²) in [6.45, 7) is 0. The number of carbonyl (C=O) groups excluding carboxylic acids is 1. The molecule has 0 saturated heterocycles. The van der Waals surface area contributed by atoms with Crippen molar-refractivity contribution in [1.29, 1.82) is 0 Å². The van der Waals surface area contributed by atoms with Crippen molar-refractivity contribution in [3.05, 3.63) is 54.1 Å². The van der Waals surface area contributed by atoms with Crippen LogP contribution in [0.25, 0.3) is 10.9 Å². The molecule has 20 heavy (non-hydrogen) atoms. The van der Waals surface area contributed by atoms with Crippen molar-refractivity contribution in [3.8, 4) is 5.75 Å². The number of H-pyrrole nitrogens is 1. The summed E-state index contributed by atoms with van der Waals surface area (Å²) in [4.78, 5) is 12.1. The van der Waals surface area contributed by atoms with Crippen molar-refractivity contribution in [3.63, 3.8) is 0 Å². The Bertz CT molecular complexity index is 747. The van der Waals surface area contributed by atoms with E-state index in [-0.39, 0.29) is 5.91 Å². The number of hydrogen-bond donors (Lipinski definition) is 2. The normalized spacial score (nSPS) is 10.4. The maximum Gasteiger partial charge on any atom is 0.256 e. The summed E-state index contributed by atoms with van der Waals surface area (Å²) in [6.07, 6.45) is 0. The minimum absolute atomic E-state index is 0.204. The van der Waals surface area contributed by atoms with Gasteiger partial charge in [0.2, 0.25) is 0 Å². The van der Waals surface area contributed by atoms with Crippen molar-refractivity contribution < 1.29 is 9.53 Å². The molecular formula is C15H13N3O2. The molecule has 0 aliphatic carbocycles. The van der Waals surface area contributed by atoms with E-state index >= 15 is 0 Å². The van der Waals surface area contributed by atoms with Crippen LogP contribution in [0, 0.1) is 0 Å². The van der Waals surface area contributed by atoms with E-state index < -0.39 is 0 Å². The average Bonchev–Trinajstić information content (AvgIpc) is 2.91. The Morgan fingerprint density at radius 2 is 1.90 bits per heavy atom. The quantitative estimate of drug-likeness (QED) is 0.766. The lowest BCUT2D eigenvalue weighted by Gasteiger charge is -2.04. The van der Waals surface area contributed by atoms with Crippen LogP contribution in [0.3, 0.4) is 0 Å². The number of aromatic nitrogens is 2. The monoisotopic (exact) mass is 267 g/mol. The molecule has 0 spiro atoms. The average molecular weight is 267 g/mol. The number of ether oxygens (including phenoxy) is 1. The van der Waals surface area contributed by atoms with E-state index in [9.17, 15) is 4.79 Å². The van der Waals surface area contributed by atoms with Crippen molar-refractivity contribution in [2.45, 2.75) is 0 Å². The molecule has 0 radical (unpaired) electrons. The lowest BCUT2D eigenvalue weighted by atomic mass is 10.2. The van der Waals surface area contributed by atoms with Crippen LogP contribution in [0.1, 0.15) is 10.4 Å². The highest BCUT2D eigenvalue weighted by Crippen LogP contribution is 2.20. The number of para-hydroxylation sites is 1. The second kappa shape index (κ2) is 5.05. The Labute approximate surface area is 115 Å². The van der Waals surface area contributed by atoms with E-state index in [0.29, 0.717) is 17.1 Å². The number of fused-ring (bicyclic) bond motifs is 1. The molecule has 2 aromatic carbocycles. The second-order valence-corrected chi connectivity index (χ2v) is 4.30. The number of rotatable bonds is 3. The number of amides is 1. The van der Waals surface area contributed by atoms with Crippen molar-refractivity contribution >= 4 is 22.6 Å². The van der Waals surface area contributed by atoms with Crippen LogP contribution in [-0.4, -0.2) is 23.2 Å². The van der Waals surface area contributed by atoms with Gasteiger partial charge in [-0.1, -0.05) is 12.1 Å². The zero-order valence-corrected chi connectivity index (χ0v) is 10.9. The molecule has 1 heterocycles. The summed E-state index contributed by atoms with van der Waals surface area (Å²) < 4.78 is 5.06. The summed E-state index contributed by atoms with van der Waals surface area (Å²) >= 11 is 0. The van der Waals surface area contributed by atoms with E-state index in [1.165, 1.54) is 0 Å². The summed E-state index contributed by atoms with van der Waals surface area (Å²) in [5, 5.41) is 10.7. The van der Waals surface area contributed by atoms with E-state index in [4.69, 9.17) is 4.74 Å². The van der Waals surface area contributed by atoms with Crippen molar-refractivity contribution in [2.75, 3.05) is 12.4 Å². The molecule has 3 rings (SSSR count). The van der Waals surface area contributed by atoms with Gasteiger partial charge >= 0.3 is 0 Å². The zero-order chi connectivity index (χ0) is 13.9. The summed E-state index contributed by atoms with van der Waals surface area (Å²) in [5.41, 5.74) is 1.44. The summed E-state index contributed by atoms with van der Waals surface area (Å²) in [7, 11) is 1.59. The number of nitrogens with one attached hydrogen (secondary N) is 2. The Morgan fingerprint density at radius 3 is 2.65 bits per heavy atom. The molecule has 0 saturated carbocycles. The van der Waals surface area contributed by atoms with Gasteiger partial charge in [-0.25, -0.2) is 0 Å². The number of benzene rings is 2. The molecule has 2 N–H and O–H groups in total. The Kier molecular flexibility index (Phi) is 3.09. The Hall–Kier alpha value is -2.82. The topological polar surface area (TPSA) is 67.0 Å². The third-order valence-corrected chi connectivity index (χ3v) is 3.05. The smallest absolute Gasteiger partial charge is 0.256 e. The van der Waals surface area contributed by atoms with Gasteiger partial charge in [0.15, 0.2) is 5.82 Å². The van der Waals surface area contributed by atoms with Crippen LogP contribution in [-0.2, 0) is 0 Å². The van der Waals surface area contributed by atoms with Crippen molar-refractivity contribution in [1.82, 2.24) is 10.2 Å². The Balaban J connectivity index is 1.84. The van der Waals surface area contributed by atoms with E-state index in [2.05, 4.69) is 15.5 Å². The van der Waals surface area contributed by atoms with E-state index in [0.717, 1.165) is 10.9 Å². The van der Waals surface area contributed by atoms with Gasteiger partial charge < -0.3 is 10.1 Å². The SMILES string of the molecule is COc1ccc(C(=O)Nc2n[nH]c3ccccc23)cc1. The Morgan fingerprint density at radius 1 is 1.15 bits per heavy atom. The lowest BCUT2D eigenvalue weighted by molar-refractivity contribution is 0.102. The number of carbonyl (C=O) groups is 1. The number of aromatic amines is 1. The van der Waals surface area contributed by atoms with Gasteiger partial charge in [-0.2, -0.15) is 5.10 Å². The van der Waals surface area contributed by atoms with Crippen molar-refractivity contribution in [2.24, 2.45) is 0 Å². The second-order valence-electron chi connectivity index (χ2n) is 4.30. The fourth-order valence-electron chi connectivity index (χ4n) is 1.98. The minimum Gasteiger partial charge on any atom is -0.497 e. The highest BCUT2D eigenvalue weighted by molar-refractivity contribution is 6.07.